The molecular formula is C51H59ClFN7O6. The first-order valence-electron chi connectivity index (χ1n) is 22.6. The average molecular weight is 921 g/mol. The molecule has 0 unspecified atom stereocenters. The second-order valence-electron chi connectivity index (χ2n) is 16.7. The number of fused-ring (bicyclic) bond motifs is 1. The highest BCUT2D eigenvalue weighted by molar-refractivity contribution is 6.30. The highest BCUT2D eigenvalue weighted by Crippen LogP contribution is 2.36. The first-order chi connectivity index (χ1) is 32.2. The number of rotatable bonds is 20. The zero-order valence-electron chi connectivity index (χ0n) is 37.9. The summed E-state index contributed by atoms with van der Waals surface area (Å²) in [7, 11) is 4.76. The number of carbonyl (C=O) groups is 1. The Balaban J connectivity index is 0.911. The van der Waals surface area contributed by atoms with Gasteiger partial charge in [0.1, 0.15) is 36.1 Å². The molecule has 2 aliphatic rings. The molecule has 66 heavy (non-hydrogen) atoms. The molecule has 348 valence electrons. The predicted molar refractivity (Wildman–Crippen MR) is 257 cm³/mol. The number of pyridine rings is 1. The maximum Gasteiger partial charge on any atom is 0.259 e. The molecule has 3 N–H and O–H groups in total. The van der Waals surface area contributed by atoms with E-state index in [1.165, 1.54) is 11.6 Å². The minimum atomic E-state index is -0.885. The number of carbonyl (C=O) groups excluding carboxylic acids is 1. The van der Waals surface area contributed by atoms with Crippen molar-refractivity contribution in [2.24, 2.45) is 0 Å². The van der Waals surface area contributed by atoms with Crippen molar-refractivity contribution in [2.45, 2.75) is 44.5 Å². The maximum atomic E-state index is 14.7. The highest BCUT2D eigenvalue weighted by atomic mass is 35.5. The molecule has 4 aromatic carbocycles. The molecule has 2 aromatic heterocycles. The number of halogens is 2. The van der Waals surface area contributed by atoms with Crippen LogP contribution in [0.2, 0.25) is 5.02 Å². The van der Waals surface area contributed by atoms with Gasteiger partial charge in [-0.1, -0.05) is 41.9 Å². The van der Waals surface area contributed by atoms with E-state index in [4.69, 9.17) is 40.3 Å². The molecule has 0 spiro atoms. The van der Waals surface area contributed by atoms with Crippen LogP contribution in [0.4, 0.5) is 10.2 Å². The Hall–Kier alpha value is -6.06. The molecule has 13 nitrogen and oxygen atoms in total. The molecule has 15 heteroatoms. The summed E-state index contributed by atoms with van der Waals surface area (Å²) in [5.41, 5.74) is 4.11. The normalized spacial score (nSPS) is 15.3. The van der Waals surface area contributed by atoms with Crippen LogP contribution in [0.15, 0.2) is 103 Å². The van der Waals surface area contributed by atoms with Crippen molar-refractivity contribution in [2.75, 3.05) is 85.6 Å². The molecule has 2 saturated heterocycles. The highest BCUT2D eigenvalue weighted by Gasteiger charge is 2.40. The number of ether oxygens (including phenoxy) is 5. The lowest BCUT2D eigenvalue weighted by atomic mass is 9.87. The number of nitrogens with one attached hydrogen (secondary N) is 3. The fraction of sp³-hybridized carbons (Fsp3) is 0.373. The lowest BCUT2D eigenvalue weighted by Gasteiger charge is -2.37. The maximum absolute atomic E-state index is 14.7. The van der Waals surface area contributed by atoms with E-state index in [9.17, 15) is 9.18 Å². The number of piperidine rings is 1. The number of hydrogen-bond acceptors (Lipinski definition) is 11. The molecule has 0 bridgehead atoms. The third-order valence-corrected chi connectivity index (χ3v) is 12.7. The van der Waals surface area contributed by atoms with Gasteiger partial charge >= 0.3 is 0 Å². The predicted octanol–water partition coefficient (Wildman–Crippen LogP) is 8.04. The Morgan fingerprint density at radius 2 is 1.56 bits per heavy atom. The SMILES string of the molecule is COc1ccc(COc2nc(NC3(C(=O)NCCCn4cc(-c5cccc(F)c5)c5c(CN6CCN(CCOc7ccc(Cl)cc7)CC6)cccc54)CCNCC3)ccc2OC)cc1OC. The summed E-state index contributed by atoms with van der Waals surface area (Å²) in [5, 5.41) is 12.0. The fourth-order valence-corrected chi connectivity index (χ4v) is 8.99. The van der Waals surface area contributed by atoms with Crippen molar-refractivity contribution >= 4 is 34.2 Å². The Bertz CT molecular complexity index is 2560. The molecule has 1 amide bonds. The second kappa shape index (κ2) is 22.0. The van der Waals surface area contributed by atoms with E-state index in [0.29, 0.717) is 86.0 Å². The van der Waals surface area contributed by atoms with Gasteiger partial charge in [-0.25, -0.2) is 4.39 Å². The average Bonchev–Trinajstić information content (AvgIpc) is 3.73. The number of aryl methyl sites for hydroxylation is 1. The molecule has 2 fully saturated rings. The molecule has 0 saturated carbocycles. The Morgan fingerprint density at radius 3 is 2.32 bits per heavy atom. The number of hydrogen-bond donors (Lipinski definition) is 3. The Kier molecular flexibility index (Phi) is 15.5. The number of methoxy groups -OCH3 is 3. The molecule has 0 radical (unpaired) electrons. The van der Waals surface area contributed by atoms with Crippen LogP contribution in [0.25, 0.3) is 22.0 Å². The number of piperazine rings is 1. The van der Waals surface area contributed by atoms with Crippen molar-refractivity contribution < 1.29 is 32.9 Å². The van der Waals surface area contributed by atoms with E-state index in [2.05, 4.69) is 54.7 Å². The van der Waals surface area contributed by atoms with Gasteiger partial charge < -0.3 is 44.2 Å². The number of aromatic nitrogens is 2. The van der Waals surface area contributed by atoms with Crippen LogP contribution in [0.5, 0.6) is 28.9 Å². The summed E-state index contributed by atoms with van der Waals surface area (Å²) in [6, 6.07) is 29.9. The van der Waals surface area contributed by atoms with Crippen molar-refractivity contribution in [3.05, 3.63) is 125 Å². The first kappa shape index (κ1) is 46.5. The van der Waals surface area contributed by atoms with E-state index >= 15 is 0 Å². The van der Waals surface area contributed by atoms with Gasteiger partial charge in [-0.2, -0.15) is 4.98 Å². The summed E-state index contributed by atoms with van der Waals surface area (Å²) in [6.07, 6.45) is 3.98. The zero-order valence-corrected chi connectivity index (χ0v) is 38.7. The second-order valence-corrected chi connectivity index (χ2v) is 17.2. The number of nitrogens with zero attached hydrogens (tertiary/aromatic N) is 4. The van der Waals surface area contributed by atoms with Crippen molar-refractivity contribution in [3.63, 3.8) is 0 Å². The summed E-state index contributed by atoms with van der Waals surface area (Å²) in [5.74, 6) is 2.99. The fourth-order valence-electron chi connectivity index (χ4n) is 8.86. The van der Waals surface area contributed by atoms with E-state index in [1.807, 2.05) is 54.6 Å². The molecule has 2 aliphatic heterocycles. The van der Waals surface area contributed by atoms with Crippen molar-refractivity contribution in [1.82, 2.24) is 30.0 Å². The van der Waals surface area contributed by atoms with E-state index in [0.717, 1.165) is 72.6 Å². The van der Waals surface area contributed by atoms with Gasteiger partial charge in [0, 0.05) is 80.0 Å². The van der Waals surface area contributed by atoms with Gasteiger partial charge in [-0.05, 0) is 116 Å². The Morgan fingerprint density at radius 1 is 0.818 bits per heavy atom. The van der Waals surface area contributed by atoms with Crippen LogP contribution < -0.4 is 39.6 Å². The van der Waals surface area contributed by atoms with E-state index in [-0.39, 0.29) is 18.3 Å². The minimum absolute atomic E-state index is 0.0799. The van der Waals surface area contributed by atoms with Gasteiger partial charge in [0.25, 0.3) is 5.88 Å². The van der Waals surface area contributed by atoms with Crippen molar-refractivity contribution in [3.8, 4) is 40.0 Å². The van der Waals surface area contributed by atoms with Gasteiger partial charge in [-0.15, -0.1) is 0 Å². The lowest BCUT2D eigenvalue weighted by molar-refractivity contribution is -0.126. The number of anilines is 1. The third-order valence-electron chi connectivity index (χ3n) is 12.5. The van der Waals surface area contributed by atoms with Gasteiger partial charge in [0.2, 0.25) is 5.91 Å². The Labute approximate surface area is 391 Å². The largest absolute Gasteiger partial charge is 0.493 e. The van der Waals surface area contributed by atoms with Crippen LogP contribution >= 0.6 is 11.6 Å². The quantitative estimate of drug-likeness (QED) is 0.0646. The smallest absolute Gasteiger partial charge is 0.259 e. The summed E-state index contributed by atoms with van der Waals surface area (Å²) in [6.45, 7) is 8.72. The molecule has 0 atom stereocenters. The summed E-state index contributed by atoms with van der Waals surface area (Å²) >= 11 is 6.02. The van der Waals surface area contributed by atoms with Gasteiger partial charge in [0.05, 0.1) is 21.3 Å². The monoisotopic (exact) mass is 919 g/mol. The molecule has 6 aromatic rings. The van der Waals surface area contributed by atoms with Crippen molar-refractivity contribution in [1.29, 1.82) is 0 Å². The van der Waals surface area contributed by atoms with Gasteiger partial charge in [-0.3, -0.25) is 14.6 Å². The molecular weight excluding hydrogens is 861 g/mol. The molecule has 4 heterocycles. The number of benzene rings is 4. The third kappa shape index (κ3) is 11.3. The standard InChI is InChI=1S/C51H59ClFN7O6/c1-62-44-16-11-36(31-46(44)64-3)35-66-49-45(63-2)17-18-47(56-49)57-51(19-22-54-23-20-51)50(61)55-21-6-24-60-34-42(37-7-4-9-40(53)32-37)48-38(8-5-10-43(48)60)33-59-27-25-58(26-28-59)29-30-65-41-14-12-39(52)13-15-41/h4-5,7-18,31-32,34,54H,6,19-30,33,35H2,1-3H3,(H,55,61)(H,56,57). The van der Waals surface area contributed by atoms with E-state index in [1.54, 1.807) is 39.5 Å². The minimum Gasteiger partial charge on any atom is -0.493 e. The topological polar surface area (TPSA) is 124 Å². The molecule has 8 rings (SSSR count). The first-order valence-corrected chi connectivity index (χ1v) is 23.0. The van der Waals surface area contributed by atoms with Crippen LogP contribution in [0.1, 0.15) is 30.4 Å². The van der Waals surface area contributed by atoms with Crippen LogP contribution in [-0.4, -0.2) is 111 Å². The molecule has 0 aliphatic carbocycles. The summed E-state index contributed by atoms with van der Waals surface area (Å²) in [4.78, 5) is 23.9. The van der Waals surface area contributed by atoms with Crippen LogP contribution in [0.3, 0.4) is 0 Å². The zero-order chi connectivity index (χ0) is 45.9. The number of amides is 1. The van der Waals surface area contributed by atoms with E-state index < -0.39 is 5.54 Å². The van der Waals surface area contributed by atoms with Crippen LogP contribution in [-0.2, 0) is 24.5 Å². The summed E-state index contributed by atoms with van der Waals surface area (Å²) < 4.78 is 45.5. The van der Waals surface area contributed by atoms with Crippen LogP contribution in [0, 0.1) is 5.82 Å². The lowest BCUT2D eigenvalue weighted by Crippen LogP contribution is -2.58. The van der Waals surface area contributed by atoms with Gasteiger partial charge in [0.15, 0.2) is 17.2 Å².